The van der Waals surface area contributed by atoms with Gasteiger partial charge in [0.1, 0.15) is 11.6 Å². The number of halogens is 1. The lowest BCUT2D eigenvalue weighted by atomic mass is 9.97. The molecular weight excluding hydrogens is 393 g/mol. The van der Waals surface area contributed by atoms with Crippen LogP contribution in [-0.4, -0.2) is 27.3 Å². The van der Waals surface area contributed by atoms with E-state index in [1.54, 1.807) is 12.1 Å². The smallest absolute Gasteiger partial charge is 0.254 e. The molecule has 1 amide bonds. The number of rotatable bonds is 5. The third kappa shape index (κ3) is 4.74. The van der Waals surface area contributed by atoms with Gasteiger partial charge in [-0.2, -0.15) is 0 Å². The van der Waals surface area contributed by atoms with E-state index in [4.69, 9.17) is 0 Å². The van der Waals surface area contributed by atoms with E-state index < -0.39 is 0 Å². The zero-order valence-electron chi connectivity index (χ0n) is 17.6. The Balaban J connectivity index is 1.51. The third-order valence-corrected chi connectivity index (χ3v) is 5.95. The molecule has 2 aromatic carbocycles. The van der Waals surface area contributed by atoms with E-state index in [9.17, 15) is 14.0 Å². The van der Waals surface area contributed by atoms with Gasteiger partial charge in [-0.15, -0.1) is 0 Å². The number of hydrogen-bond acceptors (Lipinski definition) is 3. The van der Waals surface area contributed by atoms with Gasteiger partial charge in [-0.05, 0) is 62.4 Å². The van der Waals surface area contributed by atoms with Gasteiger partial charge in [0, 0.05) is 30.1 Å². The molecule has 1 heterocycles. The molecule has 31 heavy (non-hydrogen) atoms. The first kappa shape index (κ1) is 21.0. The minimum atomic E-state index is -0.335. The number of amides is 1. The molecule has 1 aliphatic carbocycles. The standard InChI is InChI=1S/C25H26FN3O2/c1-2-29(16-17-6-4-3-5-7-17)25(31)19-10-14-21-22(15-11-19)27-23(28-24(21)30)18-8-12-20(26)13-9-18/h3-9,12-13,19H,2,10-11,14-16H2,1H3,(H,27,28,30). The van der Waals surface area contributed by atoms with Gasteiger partial charge in [0.15, 0.2) is 0 Å². The fourth-order valence-electron chi connectivity index (χ4n) is 4.18. The number of aromatic amines is 1. The van der Waals surface area contributed by atoms with Crippen LogP contribution in [0.1, 0.15) is 36.6 Å². The first-order valence-electron chi connectivity index (χ1n) is 10.8. The summed E-state index contributed by atoms with van der Waals surface area (Å²) in [6, 6.07) is 15.9. The molecule has 6 heteroatoms. The van der Waals surface area contributed by atoms with Crippen LogP contribution >= 0.6 is 0 Å². The van der Waals surface area contributed by atoms with Crippen molar-refractivity contribution in [2.75, 3.05) is 6.54 Å². The fraction of sp³-hybridized carbons (Fsp3) is 0.320. The Morgan fingerprint density at radius 3 is 2.52 bits per heavy atom. The summed E-state index contributed by atoms with van der Waals surface area (Å²) in [6.07, 6.45) is 2.40. The number of fused-ring (bicyclic) bond motifs is 1. The van der Waals surface area contributed by atoms with E-state index in [0.717, 1.165) is 11.3 Å². The Labute approximate surface area is 181 Å². The number of nitrogens with zero attached hydrogens (tertiary/aromatic N) is 2. The van der Waals surface area contributed by atoms with Gasteiger partial charge in [-0.25, -0.2) is 9.37 Å². The van der Waals surface area contributed by atoms with Crippen molar-refractivity contribution in [3.8, 4) is 11.4 Å². The zero-order valence-corrected chi connectivity index (χ0v) is 17.6. The summed E-state index contributed by atoms with van der Waals surface area (Å²) in [5, 5.41) is 0. The maximum Gasteiger partial charge on any atom is 0.254 e. The molecule has 0 aliphatic heterocycles. The molecule has 0 radical (unpaired) electrons. The van der Waals surface area contributed by atoms with Crippen LogP contribution in [0.2, 0.25) is 0 Å². The molecule has 1 N–H and O–H groups in total. The maximum atomic E-state index is 13.2. The van der Waals surface area contributed by atoms with Crippen molar-refractivity contribution >= 4 is 5.91 Å². The highest BCUT2D eigenvalue weighted by Gasteiger charge is 2.28. The van der Waals surface area contributed by atoms with Gasteiger partial charge in [0.05, 0.1) is 5.69 Å². The number of carbonyl (C=O) groups excluding carboxylic acids is 1. The van der Waals surface area contributed by atoms with Crippen LogP contribution in [0.4, 0.5) is 4.39 Å². The molecule has 0 bridgehead atoms. The maximum absolute atomic E-state index is 13.2. The highest BCUT2D eigenvalue weighted by atomic mass is 19.1. The minimum Gasteiger partial charge on any atom is -0.338 e. The molecule has 3 aromatic rings. The van der Waals surface area contributed by atoms with Crippen LogP contribution in [0.15, 0.2) is 59.4 Å². The molecule has 0 saturated heterocycles. The molecule has 0 spiro atoms. The summed E-state index contributed by atoms with van der Waals surface area (Å²) in [5.41, 5.74) is 3.00. The van der Waals surface area contributed by atoms with Crippen molar-refractivity contribution in [2.45, 2.75) is 39.2 Å². The zero-order chi connectivity index (χ0) is 21.8. The van der Waals surface area contributed by atoms with Crippen LogP contribution < -0.4 is 5.56 Å². The highest BCUT2D eigenvalue weighted by molar-refractivity contribution is 5.79. The lowest BCUT2D eigenvalue weighted by molar-refractivity contribution is -0.136. The van der Waals surface area contributed by atoms with Crippen molar-refractivity contribution in [3.63, 3.8) is 0 Å². The van der Waals surface area contributed by atoms with Crippen molar-refractivity contribution in [2.24, 2.45) is 5.92 Å². The molecule has 0 fully saturated rings. The van der Waals surface area contributed by atoms with Crippen molar-refractivity contribution < 1.29 is 9.18 Å². The van der Waals surface area contributed by atoms with E-state index >= 15 is 0 Å². The Bertz CT molecular complexity index is 1110. The number of hydrogen-bond donors (Lipinski definition) is 1. The van der Waals surface area contributed by atoms with Gasteiger partial charge in [-0.1, -0.05) is 30.3 Å². The second-order valence-electron chi connectivity index (χ2n) is 7.96. The van der Waals surface area contributed by atoms with Crippen LogP contribution in [0.3, 0.4) is 0 Å². The highest BCUT2D eigenvalue weighted by Crippen LogP contribution is 2.25. The van der Waals surface area contributed by atoms with E-state index in [-0.39, 0.29) is 23.2 Å². The van der Waals surface area contributed by atoms with Crippen molar-refractivity contribution in [1.82, 2.24) is 14.9 Å². The van der Waals surface area contributed by atoms with Crippen LogP contribution in [0.5, 0.6) is 0 Å². The van der Waals surface area contributed by atoms with Crippen molar-refractivity contribution in [3.05, 3.63) is 87.6 Å². The lowest BCUT2D eigenvalue weighted by Crippen LogP contribution is -2.35. The van der Waals surface area contributed by atoms with E-state index in [2.05, 4.69) is 9.97 Å². The Morgan fingerprint density at radius 1 is 1.10 bits per heavy atom. The van der Waals surface area contributed by atoms with E-state index in [1.807, 2.05) is 42.2 Å². The quantitative estimate of drug-likeness (QED) is 0.633. The minimum absolute atomic E-state index is 0.133. The second-order valence-corrected chi connectivity index (χ2v) is 7.96. The topological polar surface area (TPSA) is 66.1 Å². The molecule has 0 saturated carbocycles. The van der Waals surface area contributed by atoms with Crippen LogP contribution in [-0.2, 0) is 24.2 Å². The number of carbonyl (C=O) groups is 1. The fourth-order valence-corrected chi connectivity index (χ4v) is 4.18. The largest absolute Gasteiger partial charge is 0.338 e. The van der Waals surface area contributed by atoms with Crippen LogP contribution in [0.25, 0.3) is 11.4 Å². The van der Waals surface area contributed by atoms with E-state index in [0.29, 0.717) is 55.7 Å². The molecular formula is C25H26FN3O2. The van der Waals surface area contributed by atoms with Gasteiger partial charge >= 0.3 is 0 Å². The van der Waals surface area contributed by atoms with Gasteiger partial charge in [-0.3, -0.25) is 9.59 Å². The Kier molecular flexibility index (Phi) is 6.26. The lowest BCUT2D eigenvalue weighted by Gasteiger charge is -2.25. The SMILES string of the molecule is CCN(Cc1ccccc1)C(=O)C1CCc2nc(-c3ccc(F)cc3)[nH]c(=O)c2CC1. The third-order valence-electron chi connectivity index (χ3n) is 5.95. The summed E-state index contributed by atoms with van der Waals surface area (Å²) in [7, 11) is 0. The molecule has 4 rings (SSSR count). The van der Waals surface area contributed by atoms with Gasteiger partial charge in [0.25, 0.3) is 5.56 Å². The second kappa shape index (κ2) is 9.25. The number of aromatic nitrogens is 2. The molecule has 1 unspecified atom stereocenters. The normalized spacial score (nSPS) is 15.7. The first-order valence-corrected chi connectivity index (χ1v) is 10.8. The van der Waals surface area contributed by atoms with E-state index in [1.165, 1.54) is 12.1 Å². The monoisotopic (exact) mass is 419 g/mol. The summed E-state index contributed by atoms with van der Waals surface area (Å²) < 4.78 is 13.2. The Morgan fingerprint density at radius 2 is 1.81 bits per heavy atom. The summed E-state index contributed by atoms with van der Waals surface area (Å²) in [4.78, 5) is 35.3. The molecule has 1 aromatic heterocycles. The molecule has 5 nitrogen and oxygen atoms in total. The Hall–Kier alpha value is -3.28. The first-order chi connectivity index (χ1) is 15.0. The average Bonchev–Trinajstić information content (AvgIpc) is 3.01. The predicted octanol–water partition coefficient (Wildman–Crippen LogP) is 4.12. The molecule has 160 valence electrons. The summed E-state index contributed by atoms with van der Waals surface area (Å²) in [6.45, 7) is 3.23. The summed E-state index contributed by atoms with van der Waals surface area (Å²) >= 11 is 0. The van der Waals surface area contributed by atoms with Crippen molar-refractivity contribution in [1.29, 1.82) is 0 Å². The average molecular weight is 420 g/mol. The number of benzene rings is 2. The van der Waals surface area contributed by atoms with Crippen LogP contribution in [0, 0.1) is 11.7 Å². The van der Waals surface area contributed by atoms with Gasteiger partial charge in [0.2, 0.25) is 5.91 Å². The number of H-pyrrole nitrogens is 1. The molecule has 1 atom stereocenters. The predicted molar refractivity (Wildman–Crippen MR) is 118 cm³/mol. The van der Waals surface area contributed by atoms with Gasteiger partial charge < -0.3 is 9.88 Å². The summed E-state index contributed by atoms with van der Waals surface area (Å²) in [5.74, 6) is 0.104. The molecule has 1 aliphatic rings. The number of aryl methyl sites for hydroxylation is 1. The number of nitrogens with one attached hydrogen (secondary N) is 1.